The van der Waals surface area contributed by atoms with E-state index in [-0.39, 0.29) is 12.7 Å². The maximum Gasteiger partial charge on any atom is 0.0984 e. The zero-order valence-corrected chi connectivity index (χ0v) is 5.73. The molecule has 2 N–H and O–H groups in total. The smallest absolute Gasteiger partial charge is 0.0984 e. The normalized spacial score (nSPS) is 32.6. The molecular formula is C7H12O3. The molecule has 3 heteroatoms. The Balaban J connectivity index is 2.36. The van der Waals surface area contributed by atoms with Crippen LogP contribution in [0, 0.1) is 0 Å². The van der Waals surface area contributed by atoms with Crippen molar-refractivity contribution in [2.75, 3.05) is 13.2 Å². The third-order valence-electron chi connectivity index (χ3n) is 1.53. The summed E-state index contributed by atoms with van der Waals surface area (Å²) in [6, 6.07) is 0. The monoisotopic (exact) mass is 144 g/mol. The van der Waals surface area contributed by atoms with Gasteiger partial charge in [-0.15, -0.1) is 0 Å². The van der Waals surface area contributed by atoms with E-state index in [2.05, 4.69) is 0 Å². The second-order valence-electron chi connectivity index (χ2n) is 2.30. The second kappa shape index (κ2) is 3.71. The molecule has 0 aromatic rings. The molecule has 3 nitrogen and oxygen atoms in total. The molecule has 2 atom stereocenters. The highest BCUT2D eigenvalue weighted by atomic mass is 16.5. The van der Waals surface area contributed by atoms with Crippen molar-refractivity contribution in [3.05, 3.63) is 12.2 Å². The molecule has 0 fully saturated rings. The third kappa shape index (κ3) is 1.80. The summed E-state index contributed by atoms with van der Waals surface area (Å²) in [5.41, 5.74) is 0. The van der Waals surface area contributed by atoms with Gasteiger partial charge in [-0.05, 0) is 6.42 Å². The van der Waals surface area contributed by atoms with Gasteiger partial charge >= 0.3 is 0 Å². The Labute approximate surface area is 59.9 Å². The predicted octanol–water partition coefficient (Wildman–Crippen LogP) is -0.315. The standard InChI is InChI=1S/C7H12O3/c8-4-3-7-6(9)2-1-5-10-7/h1-2,6-9H,3-5H2. The van der Waals surface area contributed by atoms with E-state index in [1.54, 1.807) is 12.2 Å². The predicted molar refractivity (Wildman–Crippen MR) is 36.6 cm³/mol. The Kier molecular flexibility index (Phi) is 2.86. The quantitative estimate of drug-likeness (QED) is 0.522. The van der Waals surface area contributed by atoms with E-state index in [4.69, 9.17) is 9.84 Å². The van der Waals surface area contributed by atoms with Gasteiger partial charge in [0.1, 0.15) is 0 Å². The van der Waals surface area contributed by atoms with Crippen molar-refractivity contribution >= 4 is 0 Å². The lowest BCUT2D eigenvalue weighted by Crippen LogP contribution is -2.31. The molecule has 0 aromatic heterocycles. The molecule has 0 spiro atoms. The van der Waals surface area contributed by atoms with Gasteiger partial charge in [0.15, 0.2) is 0 Å². The minimum Gasteiger partial charge on any atom is -0.396 e. The molecule has 0 bridgehead atoms. The highest BCUT2D eigenvalue weighted by molar-refractivity contribution is 4.96. The highest BCUT2D eigenvalue weighted by Crippen LogP contribution is 2.09. The van der Waals surface area contributed by atoms with Crippen LogP contribution in [0.25, 0.3) is 0 Å². The van der Waals surface area contributed by atoms with Gasteiger partial charge in [-0.1, -0.05) is 12.2 Å². The van der Waals surface area contributed by atoms with E-state index >= 15 is 0 Å². The van der Waals surface area contributed by atoms with Gasteiger partial charge in [-0.3, -0.25) is 0 Å². The van der Waals surface area contributed by atoms with Crippen molar-refractivity contribution < 1.29 is 14.9 Å². The van der Waals surface area contributed by atoms with Crippen molar-refractivity contribution in [1.82, 2.24) is 0 Å². The van der Waals surface area contributed by atoms with Gasteiger partial charge in [0.2, 0.25) is 0 Å². The second-order valence-corrected chi connectivity index (χ2v) is 2.30. The van der Waals surface area contributed by atoms with Gasteiger partial charge in [-0.25, -0.2) is 0 Å². The summed E-state index contributed by atoms with van der Waals surface area (Å²) in [7, 11) is 0. The largest absolute Gasteiger partial charge is 0.396 e. The molecule has 0 saturated carbocycles. The van der Waals surface area contributed by atoms with Crippen LogP contribution in [-0.2, 0) is 4.74 Å². The van der Waals surface area contributed by atoms with E-state index in [0.29, 0.717) is 13.0 Å². The summed E-state index contributed by atoms with van der Waals surface area (Å²) >= 11 is 0. The molecule has 0 radical (unpaired) electrons. The fourth-order valence-electron chi connectivity index (χ4n) is 0.978. The van der Waals surface area contributed by atoms with Crippen molar-refractivity contribution in [3.8, 4) is 0 Å². The van der Waals surface area contributed by atoms with Crippen molar-refractivity contribution in [3.63, 3.8) is 0 Å². The van der Waals surface area contributed by atoms with Gasteiger partial charge in [0, 0.05) is 6.61 Å². The molecule has 1 heterocycles. The number of hydrogen-bond acceptors (Lipinski definition) is 3. The first-order chi connectivity index (χ1) is 4.84. The molecule has 10 heavy (non-hydrogen) atoms. The van der Waals surface area contributed by atoms with Crippen molar-refractivity contribution in [2.24, 2.45) is 0 Å². The lowest BCUT2D eigenvalue weighted by molar-refractivity contribution is -0.0272. The highest BCUT2D eigenvalue weighted by Gasteiger charge is 2.18. The topological polar surface area (TPSA) is 49.7 Å². The average Bonchev–Trinajstić information content (AvgIpc) is 1.94. The Hall–Kier alpha value is -0.380. The van der Waals surface area contributed by atoms with Crippen LogP contribution < -0.4 is 0 Å². The first-order valence-corrected chi connectivity index (χ1v) is 3.42. The van der Waals surface area contributed by atoms with Gasteiger partial charge in [0.05, 0.1) is 18.8 Å². The van der Waals surface area contributed by atoms with E-state index in [0.717, 1.165) is 0 Å². The minimum atomic E-state index is -0.541. The molecule has 58 valence electrons. The zero-order valence-electron chi connectivity index (χ0n) is 5.73. The maximum atomic E-state index is 9.18. The molecule has 1 rings (SSSR count). The summed E-state index contributed by atoms with van der Waals surface area (Å²) < 4.78 is 5.13. The number of aliphatic hydroxyl groups is 2. The Bertz CT molecular complexity index is 122. The molecule has 0 saturated heterocycles. The summed E-state index contributed by atoms with van der Waals surface area (Å²) in [4.78, 5) is 0. The fraction of sp³-hybridized carbons (Fsp3) is 0.714. The summed E-state index contributed by atoms with van der Waals surface area (Å²) in [5.74, 6) is 0. The summed E-state index contributed by atoms with van der Waals surface area (Å²) in [5, 5.41) is 17.7. The first kappa shape index (κ1) is 7.72. The van der Waals surface area contributed by atoms with Gasteiger partial charge in [-0.2, -0.15) is 0 Å². The average molecular weight is 144 g/mol. The van der Waals surface area contributed by atoms with Crippen LogP contribution >= 0.6 is 0 Å². The van der Waals surface area contributed by atoms with Crippen LogP contribution in [0.2, 0.25) is 0 Å². The Morgan fingerprint density at radius 3 is 3.00 bits per heavy atom. The van der Waals surface area contributed by atoms with E-state index < -0.39 is 6.10 Å². The van der Waals surface area contributed by atoms with Crippen LogP contribution in [0.3, 0.4) is 0 Å². The van der Waals surface area contributed by atoms with E-state index in [9.17, 15) is 5.11 Å². The van der Waals surface area contributed by atoms with Gasteiger partial charge < -0.3 is 14.9 Å². The zero-order chi connectivity index (χ0) is 7.40. The van der Waals surface area contributed by atoms with E-state index in [1.165, 1.54) is 0 Å². The summed E-state index contributed by atoms with van der Waals surface area (Å²) in [6.07, 6.45) is 3.23. The van der Waals surface area contributed by atoms with Crippen LogP contribution in [-0.4, -0.2) is 35.6 Å². The van der Waals surface area contributed by atoms with Gasteiger partial charge in [0.25, 0.3) is 0 Å². The molecule has 2 unspecified atom stereocenters. The van der Waals surface area contributed by atoms with E-state index in [1.807, 2.05) is 0 Å². The van der Waals surface area contributed by atoms with Crippen molar-refractivity contribution in [2.45, 2.75) is 18.6 Å². The number of aliphatic hydroxyl groups excluding tert-OH is 2. The molecular weight excluding hydrogens is 132 g/mol. The van der Waals surface area contributed by atoms with Crippen LogP contribution in [0.4, 0.5) is 0 Å². The molecule has 0 amide bonds. The molecule has 0 aromatic carbocycles. The van der Waals surface area contributed by atoms with Crippen LogP contribution in [0.1, 0.15) is 6.42 Å². The van der Waals surface area contributed by atoms with Crippen LogP contribution in [0.15, 0.2) is 12.2 Å². The lowest BCUT2D eigenvalue weighted by atomic mass is 10.1. The number of rotatable bonds is 2. The third-order valence-corrected chi connectivity index (χ3v) is 1.53. The molecule has 1 aliphatic rings. The Morgan fingerprint density at radius 2 is 2.40 bits per heavy atom. The summed E-state index contributed by atoms with van der Waals surface area (Å²) in [6.45, 7) is 0.608. The minimum absolute atomic E-state index is 0.0650. The van der Waals surface area contributed by atoms with Crippen LogP contribution in [0.5, 0.6) is 0 Å². The fourth-order valence-corrected chi connectivity index (χ4v) is 0.978. The Morgan fingerprint density at radius 1 is 1.60 bits per heavy atom. The SMILES string of the molecule is OCCC1OCC=CC1O. The van der Waals surface area contributed by atoms with Crippen molar-refractivity contribution in [1.29, 1.82) is 0 Å². The first-order valence-electron chi connectivity index (χ1n) is 3.42. The molecule has 0 aliphatic carbocycles. The number of ether oxygens (including phenoxy) is 1. The lowest BCUT2D eigenvalue weighted by Gasteiger charge is -2.22. The number of hydrogen-bond donors (Lipinski definition) is 2. The molecule has 1 aliphatic heterocycles. The maximum absolute atomic E-state index is 9.18.